The van der Waals surface area contributed by atoms with Crippen LogP contribution in [0.2, 0.25) is 0 Å². The van der Waals surface area contributed by atoms with Crippen LogP contribution in [0.3, 0.4) is 0 Å². The molecule has 0 fully saturated rings. The lowest BCUT2D eigenvalue weighted by atomic mass is 10.0. The van der Waals surface area contributed by atoms with E-state index < -0.39 is 6.10 Å². The molecule has 0 bridgehead atoms. The molecule has 330 valence electrons. The molecule has 0 aliphatic heterocycles. The molecule has 0 amide bonds. The van der Waals surface area contributed by atoms with Crippen molar-refractivity contribution in [2.24, 2.45) is 0 Å². The first kappa shape index (κ1) is 54.6. The highest BCUT2D eigenvalue weighted by Crippen LogP contribution is 2.14. The van der Waals surface area contributed by atoms with E-state index in [1.807, 2.05) is 24.3 Å². The molecule has 0 N–H and O–H groups in total. The highest BCUT2D eigenvalue weighted by Gasteiger charge is 2.19. The Morgan fingerprint density at radius 1 is 0.379 bits per heavy atom. The van der Waals surface area contributed by atoms with Crippen molar-refractivity contribution in [3.05, 3.63) is 85.1 Å². The van der Waals surface area contributed by atoms with E-state index in [0.29, 0.717) is 19.3 Å². The largest absolute Gasteiger partial charge is 0.462 e. The summed E-state index contributed by atoms with van der Waals surface area (Å²) < 4.78 is 16.7. The molecule has 0 aliphatic rings. The summed E-state index contributed by atoms with van der Waals surface area (Å²) in [5.74, 6) is -0.966. The van der Waals surface area contributed by atoms with Crippen molar-refractivity contribution < 1.29 is 28.6 Å². The summed E-state index contributed by atoms with van der Waals surface area (Å²) in [6, 6.07) is 0. The summed E-state index contributed by atoms with van der Waals surface area (Å²) in [6.07, 6.45) is 58.5. The van der Waals surface area contributed by atoms with Gasteiger partial charge >= 0.3 is 17.9 Å². The summed E-state index contributed by atoms with van der Waals surface area (Å²) in [6.45, 7) is 6.31. The first-order valence-corrected chi connectivity index (χ1v) is 23.6. The lowest BCUT2D eigenvalue weighted by molar-refractivity contribution is -0.167. The van der Waals surface area contributed by atoms with E-state index in [4.69, 9.17) is 14.2 Å². The second kappa shape index (κ2) is 46.3. The van der Waals surface area contributed by atoms with Crippen LogP contribution in [-0.4, -0.2) is 37.2 Å². The van der Waals surface area contributed by atoms with Gasteiger partial charge < -0.3 is 14.2 Å². The summed E-state index contributed by atoms with van der Waals surface area (Å²) >= 11 is 0. The van der Waals surface area contributed by atoms with E-state index in [9.17, 15) is 14.4 Å². The van der Waals surface area contributed by atoms with Gasteiger partial charge in [-0.05, 0) is 70.6 Å². The fourth-order valence-corrected chi connectivity index (χ4v) is 6.23. The Bertz CT molecular complexity index is 1160. The minimum Gasteiger partial charge on any atom is -0.462 e. The third kappa shape index (κ3) is 43.7. The standard InChI is InChI=1S/C52H86O6/c1-4-7-10-13-16-19-22-25-26-28-30-33-36-39-42-45-51(54)57-48-49(47-56-50(53)44-41-38-35-32-29-24-21-18-15-12-9-6-3)58-52(55)46-43-40-37-34-31-27-23-20-17-14-11-8-5-2/h7,9-10,12-13,16,18-19,21-22,25-26,29,32,49H,4-6,8,11,14-15,17,20,23-24,27-28,30-31,33-48H2,1-3H3/b10-7-,12-9-,16-13-,21-18-,22-19-,26-25-,32-29-. The van der Waals surface area contributed by atoms with Crippen molar-refractivity contribution in [3.8, 4) is 0 Å². The van der Waals surface area contributed by atoms with Crippen LogP contribution in [0.5, 0.6) is 0 Å². The topological polar surface area (TPSA) is 78.9 Å². The number of allylic oxidation sites excluding steroid dienone is 14. The Hall–Kier alpha value is -3.41. The molecular weight excluding hydrogens is 721 g/mol. The third-order valence-electron chi connectivity index (χ3n) is 9.74. The normalized spacial score (nSPS) is 12.8. The number of esters is 3. The van der Waals surface area contributed by atoms with Crippen molar-refractivity contribution in [2.45, 2.75) is 213 Å². The van der Waals surface area contributed by atoms with E-state index in [1.165, 1.54) is 64.2 Å². The molecule has 0 aliphatic carbocycles. The van der Waals surface area contributed by atoms with Crippen molar-refractivity contribution in [3.63, 3.8) is 0 Å². The zero-order valence-corrected chi connectivity index (χ0v) is 37.5. The average Bonchev–Trinajstić information content (AvgIpc) is 3.22. The molecule has 0 spiro atoms. The highest BCUT2D eigenvalue weighted by atomic mass is 16.6. The van der Waals surface area contributed by atoms with Gasteiger partial charge in [-0.15, -0.1) is 0 Å². The number of carbonyl (C=O) groups is 3. The number of ether oxygens (including phenoxy) is 3. The van der Waals surface area contributed by atoms with Gasteiger partial charge in [0.2, 0.25) is 0 Å². The molecule has 0 aromatic carbocycles. The summed E-state index contributed by atoms with van der Waals surface area (Å²) in [4.78, 5) is 37.8. The zero-order chi connectivity index (χ0) is 42.3. The van der Waals surface area contributed by atoms with Crippen LogP contribution >= 0.6 is 0 Å². The molecule has 6 heteroatoms. The first-order valence-electron chi connectivity index (χ1n) is 23.6. The van der Waals surface area contributed by atoms with Gasteiger partial charge in [0, 0.05) is 19.3 Å². The summed E-state index contributed by atoms with van der Waals surface area (Å²) in [5, 5.41) is 0. The SMILES string of the molecule is CC\C=C/C=C\C=C/C=C\CCCCCCCC(=O)OCC(COC(=O)CCCC/C=C\C/C=C\C/C=C\CC)OC(=O)CCCCCCCCCCCCCCC. The van der Waals surface area contributed by atoms with Crippen LogP contribution in [0, 0.1) is 0 Å². The lowest BCUT2D eigenvalue weighted by Crippen LogP contribution is -2.30. The number of rotatable bonds is 41. The zero-order valence-electron chi connectivity index (χ0n) is 37.5. The Kier molecular flexibility index (Phi) is 43.6. The molecule has 0 heterocycles. The fourth-order valence-electron chi connectivity index (χ4n) is 6.23. The van der Waals surface area contributed by atoms with E-state index in [0.717, 1.165) is 103 Å². The van der Waals surface area contributed by atoms with Gasteiger partial charge in [0.1, 0.15) is 13.2 Å². The summed E-state index contributed by atoms with van der Waals surface area (Å²) in [5.41, 5.74) is 0. The average molecular weight is 807 g/mol. The van der Waals surface area contributed by atoms with Gasteiger partial charge in [-0.3, -0.25) is 14.4 Å². The Labute approximate surface area is 356 Å². The Morgan fingerprint density at radius 3 is 1.29 bits per heavy atom. The molecule has 58 heavy (non-hydrogen) atoms. The monoisotopic (exact) mass is 807 g/mol. The van der Waals surface area contributed by atoms with Crippen molar-refractivity contribution in [1.82, 2.24) is 0 Å². The van der Waals surface area contributed by atoms with Crippen LogP contribution in [0.4, 0.5) is 0 Å². The highest BCUT2D eigenvalue weighted by molar-refractivity contribution is 5.71. The molecule has 0 saturated carbocycles. The minimum atomic E-state index is -0.798. The Morgan fingerprint density at radius 2 is 0.759 bits per heavy atom. The molecule has 0 rings (SSSR count). The molecule has 0 aromatic rings. The van der Waals surface area contributed by atoms with Crippen molar-refractivity contribution in [2.75, 3.05) is 13.2 Å². The molecule has 0 aromatic heterocycles. The Balaban J connectivity index is 4.48. The molecule has 0 saturated heterocycles. The van der Waals surface area contributed by atoms with Crippen LogP contribution in [0.15, 0.2) is 85.1 Å². The van der Waals surface area contributed by atoms with Crippen molar-refractivity contribution >= 4 is 17.9 Å². The predicted molar refractivity (Wildman–Crippen MR) is 247 cm³/mol. The number of carbonyl (C=O) groups excluding carboxylic acids is 3. The van der Waals surface area contributed by atoms with Gasteiger partial charge in [0.15, 0.2) is 6.10 Å². The van der Waals surface area contributed by atoms with E-state index in [2.05, 4.69) is 81.5 Å². The predicted octanol–water partition coefficient (Wildman–Crippen LogP) is 15.3. The second-order valence-corrected chi connectivity index (χ2v) is 15.4. The van der Waals surface area contributed by atoms with Crippen LogP contribution in [0.1, 0.15) is 207 Å². The quantitative estimate of drug-likeness (QED) is 0.0201. The molecular formula is C52H86O6. The van der Waals surface area contributed by atoms with E-state index in [-0.39, 0.29) is 31.1 Å². The third-order valence-corrected chi connectivity index (χ3v) is 9.74. The molecule has 1 unspecified atom stereocenters. The molecule has 0 radical (unpaired) electrons. The van der Waals surface area contributed by atoms with E-state index in [1.54, 1.807) is 0 Å². The van der Waals surface area contributed by atoms with Gasteiger partial charge in [-0.1, -0.05) is 202 Å². The maximum Gasteiger partial charge on any atom is 0.306 e. The molecule has 1 atom stereocenters. The number of hydrogen-bond donors (Lipinski definition) is 0. The summed E-state index contributed by atoms with van der Waals surface area (Å²) in [7, 11) is 0. The van der Waals surface area contributed by atoms with Crippen LogP contribution in [-0.2, 0) is 28.6 Å². The fraction of sp³-hybridized carbons (Fsp3) is 0.673. The van der Waals surface area contributed by atoms with Gasteiger partial charge in [0.25, 0.3) is 0 Å². The smallest absolute Gasteiger partial charge is 0.306 e. The first-order chi connectivity index (χ1) is 28.5. The van der Waals surface area contributed by atoms with Gasteiger partial charge in [-0.25, -0.2) is 0 Å². The number of unbranched alkanes of at least 4 members (excludes halogenated alkanes) is 19. The van der Waals surface area contributed by atoms with E-state index >= 15 is 0 Å². The van der Waals surface area contributed by atoms with Crippen LogP contribution in [0.25, 0.3) is 0 Å². The van der Waals surface area contributed by atoms with Crippen molar-refractivity contribution in [1.29, 1.82) is 0 Å². The maximum atomic E-state index is 12.7. The number of hydrogen-bond acceptors (Lipinski definition) is 6. The second-order valence-electron chi connectivity index (χ2n) is 15.4. The maximum absolute atomic E-state index is 12.7. The van der Waals surface area contributed by atoms with Gasteiger partial charge in [0.05, 0.1) is 0 Å². The molecule has 6 nitrogen and oxygen atoms in total. The minimum absolute atomic E-state index is 0.101. The van der Waals surface area contributed by atoms with Gasteiger partial charge in [-0.2, -0.15) is 0 Å². The lowest BCUT2D eigenvalue weighted by Gasteiger charge is -2.18. The van der Waals surface area contributed by atoms with Crippen LogP contribution < -0.4 is 0 Å².